The predicted octanol–water partition coefficient (Wildman–Crippen LogP) is 5.29. The molecule has 0 bridgehead atoms. The Kier molecular flexibility index (Phi) is 8.93. The normalized spacial score (nSPS) is 10.6. The predicted molar refractivity (Wildman–Crippen MR) is 125 cm³/mol. The standard InChI is InChI=1S/C22H22N2O4S3/c1-3-27-17-9-5-15(6-10-17)19(25)13-29-21-23-24-22(31-21)30-14-20(26)16-7-11-18(12-8-16)28-4-2/h5-12H,3-4,13-14H2,1-2H3. The molecule has 1 heterocycles. The highest BCUT2D eigenvalue weighted by Gasteiger charge is 2.13. The van der Waals surface area contributed by atoms with Gasteiger partial charge in [0.1, 0.15) is 11.5 Å². The maximum absolute atomic E-state index is 12.4. The molecule has 0 atom stereocenters. The lowest BCUT2D eigenvalue weighted by molar-refractivity contribution is 0.101. The number of ketones is 2. The van der Waals surface area contributed by atoms with Gasteiger partial charge in [0.15, 0.2) is 20.2 Å². The molecule has 9 heteroatoms. The van der Waals surface area contributed by atoms with E-state index in [-0.39, 0.29) is 23.1 Å². The topological polar surface area (TPSA) is 78.4 Å². The van der Waals surface area contributed by atoms with Crippen molar-refractivity contribution in [2.75, 3.05) is 24.7 Å². The molecule has 0 N–H and O–H groups in total. The molecule has 0 fully saturated rings. The van der Waals surface area contributed by atoms with Crippen LogP contribution in [0.2, 0.25) is 0 Å². The monoisotopic (exact) mass is 474 g/mol. The van der Waals surface area contributed by atoms with Gasteiger partial charge in [-0.1, -0.05) is 34.9 Å². The fraction of sp³-hybridized carbons (Fsp3) is 0.273. The molecule has 3 aromatic rings. The summed E-state index contributed by atoms with van der Waals surface area (Å²) in [6.45, 7) is 5.01. The molecule has 0 aliphatic carbocycles. The Hall–Kier alpha value is -2.36. The van der Waals surface area contributed by atoms with E-state index in [0.29, 0.717) is 33.0 Å². The molecule has 0 aliphatic rings. The van der Waals surface area contributed by atoms with Gasteiger partial charge in [-0.05, 0) is 62.4 Å². The van der Waals surface area contributed by atoms with E-state index in [4.69, 9.17) is 9.47 Å². The van der Waals surface area contributed by atoms with Crippen molar-refractivity contribution in [1.82, 2.24) is 10.2 Å². The van der Waals surface area contributed by atoms with Gasteiger partial charge >= 0.3 is 0 Å². The van der Waals surface area contributed by atoms with Crippen LogP contribution in [0, 0.1) is 0 Å². The summed E-state index contributed by atoms with van der Waals surface area (Å²) in [4.78, 5) is 24.7. The number of benzene rings is 2. The summed E-state index contributed by atoms with van der Waals surface area (Å²) in [6, 6.07) is 14.2. The van der Waals surface area contributed by atoms with Crippen molar-refractivity contribution in [2.45, 2.75) is 22.5 Å². The average Bonchev–Trinajstić information content (AvgIpc) is 3.25. The molecule has 31 heavy (non-hydrogen) atoms. The lowest BCUT2D eigenvalue weighted by atomic mass is 10.1. The first-order chi connectivity index (χ1) is 15.1. The summed E-state index contributed by atoms with van der Waals surface area (Å²) in [7, 11) is 0. The van der Waals surface area contributed by atoms with Crippen molar-refractivity contribution in [3.63, 3.8) is 0 Å². The maximum atomic E-state index is 12.4. The average molecular weight is 475 g/mol. The van der Waals surface area contributed by atoms with Crippen molar-refractivity contribution < 1.29 is 19.1 Å². The van der Waals surface area contributed by atoms with Gasteiger partial charge in [-0.3, -0.25) is 9.59 Å². The van der Waals surface area contributed by atoms with E-state index in [1.807, 2.05) is 13.8 Å². The van der Waals surface area contributed by atoms with Crippen molar-refractivity contribution in [2.24, 2.45) is 0 Å². The van der Waals surface area contributed by atoms with Crippen molar-refractivity contribution in [1.29, 1.82) is 0 Å². The molecule has 1 aromatic heterocycles. The zero-order chi connectivity index (χ0) is 22.1. The molecule has 6 nitrogen and oxygen atoms in total. The van der Waals surface area contributed by atoms with Crippen LogP contribution in [-0.2, 0) is 0 Å². The number of aromatic nitrogens is 2. The Bertz CT molecular complexity index is 924. The minimum Gasteiger partial charge on any atom is -0.494 e. The largest absolute Gasteiger partial charge is 0.494 e. The van der Waals surface area contributed by atoms with E-state index in [9.17, 15) is 9.59 Å². The Morgan fingerprint density at radius 3 is 1.48 bits per heavy atom. The van der Waals surface area contributed by atoms with Crippen molar-refractivity contribution in [3.05, 3.63) is 59.7 Å². The number of thioether (sulfide) groups is 2. The van der Waals surface area contributed by atoms with Crippen LogP contribution in [0.3, 0.4) is 0 Å². The van der Waals surface area contributed by atoms with Crippen LogP contribution in [0.5, 0.6) is 11.5 Å². The van der Waals surface area contributed by atoms with Gasteiger partial charge in [0, 0.05) is 11.1 Å². The zero-order valence-electron chi connectivity index (χ0n) is 17.2. The van der Waals surface area contributed by atoms with E-state index >= 15 is 0 Å². The first kappa shape index (κ1) is 23.3. The molecule has 0 saturated heterocycles. The molecule has 162 valence electrons. The van der Waals surface area contributed by atoms with Gasteiger partial charge in [-0.2, -0.15) is 0 Å². The van der Waals surface area contributed by atoms with Gasteiger partial charge in [0.2, 0.25) is 0 Å². The summed E-state index contributed by atoms with van der Waals surface area (Å²) in [5.41, 5.74) is 1.27. The zero-order valence-corrected chi connectivity index (χ0v) is 19.6. The number of carbonyl (C=O) groups excluding carboxylic acids is 2. The maximum Gasteiger partial charge on any atom is 0.175 e. The minimum atomic E-state index is 0.0168. The van der Waals surface area contributed by atoms with Crippen LogP contribution < -0.4 is 9.47 Å². The number of Topliss-reactive ketones (excluding diaryl/α,β-unsaturated/α-hetero) is 2. The Morgan fingerprint density at radius 2 is 1.13 bits per heavy atom. The van der Waals surface area contributed by atoms with E-state index < -0.39 is 0 Å². The Balaban J connectivity index is 1.46. The molecule has 0 radical (unpaired) electrons. The lowest BCUT2D eigenvalue weighted by Crippen LogP contribution is -2.02. The van der Waals surface area contributed by atoms with Crippen LogP contribution in [-0.4, -0.2) is 46.5 Å². The molecule has 0 unspecified atom stereocenters. The molecule has 0 amide bonds. The van der Waals surface area contributed by atoms with Crippen LogP contribution in [0.4, 0.5) is 0 Å². The van der Waals surface area contributed by atoms with Gasteiger partial charge < -0.3 is 9.47 Å². The smallest absolute Gasteiger partial charge is 0.175 e. The SMILES string of the molecule is CCOc1ccc(C(=O)CSc2nnc(SCC(=O)c3ccc(OCC)cc3)s2)cc1. The number of hydrogen-bond donors (Lipinski definition) is 0. The van der Waals surface area contributed by atoms with Crippen LogP contribution in [0.1, 0.15) is 34.6 Å². The Morgan fingerprint density at radius 1 is 0.742 bits per heavy atom. The van der Waals surface area contributed by atoms with Gasteiger partial charge in [-0.25, -0.2) is 0 Å². The van der Waals surface area contributed by atoms with Gasteiger partial charge in [0.05, 0.1) is 24.7 Å². The third kappa shape index (κ3) is 7.09. The van der Waals surface area contributed by atoms with Crippen LogP contribution in [0.15, 0.2) is 57.2 Å². The second kappa shape index (κ2) is 11.9. The molecule has 3 rings (SSSR count). The van der Waals surface area contributed by atoms with Crippen molar-refractivity contribution in [3.8, 4) is 11.5 Å². The van der Waals surface area contributed by atoms with Gasteiger partial charge in [-0.15, -0.1) is 10.2 Å². The molecule has 0 spiro atoms. The Labute approximate surface area is 193 Å². The van der Waals surface area contributed by atoms with Crippen LogP contribution in [0.25, 0.3) is 0 Å². The summed E-state index contributed by atoms with van der Waals surface area (Å²) < 4.78 is 12.2. The quantitative estimate of drug-likeness (QED) is 0.259. The molecule has 2 aromatic carbocycles. The highest BCUT2D eigenvalue weighted by atomic mass is 32.2. The van der Waals surface area contributed by atoms with E-state index in [1.54, 1.807) is 48.5 Å². The first-order valence-electron chi connectivity index (χ1n) is 9.70. The van der Waals surface area contributed by atoms with Gasteiger partial charge in [0.25, 0.3) is 0 Å². The molecular formula is C22H22N2O4S3. The lowest BCUT2D eigenvalue weighted by Gasteiger charge is -2.04. The van der Waals surface area contributed by atoms with E-state index in [2.05, 4.69) is 10.2 Å². The number of hydrogen-bond acceptors (Lipinski definition) is 9. The summed E-state index contributed by atoms with van der Waals surface area (Å²) in [6.07, 6.45) is 0. The fourth-order valence-corrected chi connectivity index (χ4v) is 5.35. The number of nitrogens with zero attached hydrogens (tertiary/aromatic N) is 2. The summed E-state index contributed by atoms with van der Waals surface area (Å²) >= 11 is 4.08. The summed E-state index contributed by atoms with van der Waals surface area (Å²) in [5, 5.41) is 8.23. The second-order valence-electron chi connectivity index (χ2n) is 6.17. The minimum absolute atomic E-state index is 0.0168. The fourth-order valence-electron chi connectivity index (χ4n) is 2.54. The molecule has 0 saturated carbocycles. The summed E-state index contributed by atoms with van der Waals surface area (Å²) in [5.74, 6) is 2.08. The first-order valence-corrected chi connectivity index (χ1v) is 12.5. The third-order valence-electron chi connectivity index (χ3n) is 4.02. The molecule has 0 aliphatic heterocycles. The van der Waals surface area contributed by atoms with E-state index in [0.717, 1.165) is 11.5 Å². The van der Waals surface area contributed by atoms with Crippen LogP contribution >= 0.6 is 34.9 Å². The molecular weight excluding hydrogens is 452 g/mol. The highest BCUT2D eigenvalue weighted by molar-refractivity contribution is 8.03. The number of rotatable bonds is 12. The second-order valence-corrected chi connectivity index (χ2v) is 9.59. The van der Waals surface area contributed by atoms with E-state index in [1.165, 1.54) is 34.9 Å². The number of ether oxygens (including phenoxy) is 2. The number of carbonyl (C=O) groups is 2. The van der Waals surface area contributed by atoms with Crippen molar-refractivity contribution >= 4 is 46.4 Å². The highest BCUT2D eigenvalue weighted by Crippen LogP contribution is 2.30. The third-order valence-corrected chi connectivity index (χ3v) is 7.21.